The molecule has 0 aliphatic rings. The van der Waals surface area contributed by atoms with E-state index >= 15 is 0 Å². The Balaban J connectivity index is 3.16. The van der Waals surface area contributed by atoms with Gasteiger partial charge in [-0.3, -0.25) is 0 Å². The summed E-state index contributed by atoms with van der Waals surface area (Å²) in [6.07, 6.45) is -4.45. The van der Waals surface area contributed by atoms with Gasteiger partial charge in [0.15, 0.2) is 0 Å². The lowest BCUT2D eigenvalue weighted by atomic mass is 10.1. The highest BCUT2D eigenvalue weighted by Gasteiger charge is 2.33. The molecule has 0 amide bonds. The van der Waals surface area contributed by atoms with Crippen molar-refractivity contribution in [2.45, 2.75) is 13.1 Å². The number of aromatic hydroxyl groups is 1. The largest absolute Gasteiger partial charge is 0.508 e. The Kier molecular flexibility index (Phi) is 2.88. The lowest BCUT2D eigenvalue weighted by molar-refractivity contribution is -0.137. The number of hydrogen-bond donors (Lipinski definition) is 2. The number of benzene rings is 1. The summed E-state index contributed by atoms with van der Waals surface area (Å²) in [5, 5.41) is 11.5. The van der Waals surface area contributed by atoms with Crippen molar-refractivity contribution in [1.29, 1.82) is 0 Å². The zero-order valence-electron chi connectivity index (χ0n) is 7.52. The van der Waals surface area contributed by atoms with E-state index in [4.69, 9.17) is 5.11 Å². The maximum atomic E-state index is 12.4. The van der Waals surface area contributed by atoms with E-state index in [1.165, 1.54) is 12.1 Å². The number of phenolic OH excluding ortho intramolecular Hbond substituents is 1. The molecule has 0 unspecified atom stereocenters. The fourth-order valence-electron chi connectivity index (χ4n) is 1.11. The van der Waals surface area contributed by atoms with Crippen LogP contribution in [-0.4, -0.2) is 11.7 Å². The molecular weight excluding hydrogens is 195 g/mol. The predicted octanol–water partition coefficient (Wildman–Crippen LogP) is 2.84. The number of rotatable bonds is 2. The molecule has 1 aromatic carbocycles. The summed E-state index contributed by atoms with van der Waals surface area (Å²) in [4.78, 5) is 0. The van der Waals surface area contributed by atoms with Crippen LogP contribution in [-0.2, 0) is 6.18 Å². The van der Waals surface area contributed by atoms with Crippen molar-refractivity contribution in [3.05, 3.63) is 23.8 Å². The van der Waals surface area contributed by atoms with Crippen molar-refractivity contribution in [2.24, 2.45) is 0 Å². The van der Waals surface area contributed by atoms with Crippen LogP contribution in [0.15, 0.2) is 18.2 Å². The van der Waals surface area contributed by atoms with E-state index in [0.717, 1.165) is 0 Å². The number of anilines is 1. The minimum absolute atomic E-state index is 0.0159. The van der Waals surface area contributed by atoms with Crippen LogP contribution in [0.1, 0.15) is 12.5 Å². The van der Waals surface area contributed by atoms with Gasteiger partial charge in [-0.05, 0) is 25.1 Å². The van der Waals surface area contributed by atoms with Crippen molar-refractivity contribution < 1.29 is 18.3 Å². The van der Waals surface area contributed by atoms with Gasteiger partial charge in [-0.2, -0.15) is 13.2 Å². The maximum Gasteiger partial charge on any atom is 0.418 e. The fraction of sp³-hybridized carbons (Fsp3) is 0.333. The van der Waals surface area contributed by atoms with E-state index in [9.17, 15) is 13.2 Å². The number of halogens is 3. The molecule has 78 valence electrons. The van der Waals surface area contributed by atoms with Crippen molar-refractivity contribution in [2.75, 3.05) is 11.9 Å². The fourth-order valence-corrected chi connectivity index (χ4v) is 1.11. The highest BCUT2D eigenvalue weighted by molar-refractivity contribution is 5.55. The lowest BCUT2D eigenvalue weighted by Gasteiger charge is -2.13. The van der Waals surface area contributed by atoms with Gasteiger partial charge in [0.25, 0.3) is 0 Å². The number of phenols is 1. The average Bonchev–Trinajstić information content (AvgIpc) is 2.07. The summed E-state index contributed by atoms with van der Waals surface area (Å²) in [5.41, 5.74) is -0.864. The second-order valence-corrected chi connectivity index (χ2v) is 2.76. The Morgan fingerprint density at radius 1 is 1.36 bits per heavy atom. The van der Waals surface area contributed by atoms with Crippen LogP contribution in [0.2, 0.25) is 0 Å². The van der Waals surface area contributed by atoms with Gasteiger partial charge in [-0.1, -0.05) is 0 Å². The van der Waals surface area contributed by atoms with Crippen LogP contribution in [0.3, 0.4) is 0 Å². The Labute approximate surface area is 79.4 Å². The van der Waals surface area contributed by atoms with Gasteiger partial charge in [0.05, 0.1) is 5.56 Å². The number of alkyl halides is 3. The molecule has 1 rings (SSSR count). The SMILES string of the molecule is CCNc1ccc(O)cc1C(F)(F)F. The van der Waals surface area contributed by atoms with Crippen LogP contribution in [0.4, 0.5) is 18.9 Å². The summed E-state index contributed by atoms with van der Waals surface area (Å²) in [7, 11) is 0. The number of hydrogen-bond acceptors (Lipinski definition) is 2. The molecule has 2 nitrogen and oxygen atoms in total. The summed E-state index contributed by atoms with van der Waals surface area (Å²) in [6.45, 7) is 2.10. The van der Waals surface area contributed by atoms with Crippen LogP contribution in [0.5, 0.6) is 5.75 Å². The summed E-state index contributed by atoms with van der Waals surface area (Å²) < 4.78 is 37.2. The van der Waals surface area contributed by atoms with Crippen molar-refractivity contribution in [1.82, 2.24) is 0 Å². The highest BCUT2D eigenvalue weighted by atomic mass is 19.4. The first-order valence-corrected chi connectivity index (χ1v) is 4.09. The zero-order valence-corrected chi connectivity index (χ0v) is 7.52. The van der Waals surface area contributed by atoms with Crippen LogP contribution in [0.25, 0.3) is 0 Å². The average molecular weight is 205 g/mol. The molecule has 1 aromatic rings. The summed E-state index contributed by atoms with van der Waals surface area (Å²) >= 11 is 0. The Morgan fingerprint density at radius 3 is 2.50 bits per heavy atom. The molecule has 0 fully saturated rings. The van der Waals surface area contributed by atoms with Crippen molar-refractivity contribution in [3.8, 4) is 5.75 Å². The Morgan fingerprint density at radius 2 is 2.00 bits per heavy atom. The molecule has 14 heavy (non-hydrogen) atoms. The minimum atomic E-state index is -4.45. The highest BCUT2D eigenvalue weighted by Crippen LogP contribution is 2.36. The molecule has 0 saturated heterocycles. The summed E-state index contributed by atoms with van der Waals surface area (Å²) in [5.74, 6) is -0.390. The Hall–Kier alpha value is -1.39. The number of nitrogens with one attached hydrogen (secondary N) is 1. The van der Waals surface area contributed by atoms with Crippen LogP contribution < -0.4 is 5.32 Å². The van der Waals surface area contributed by atoms with Gasteiger partial charge >= 0.3 is 6.18 Å². The minimum Gasteiger partial charge on any atom is -0.508 e. The molecule has 0 bridgehead atoms. The first kappa shape index (κ1) is 10.7. The zero-order chi connectivity index (χ0) is 10.8. The van der Waals surface area contributed by atoms with E-state index in [1.54, 1.807) is 6.92 Å². The maximum absolute atomic E-state index is 12.4. The quantitative estimate of drug-likeness (QED) is 0.727. The third-order valence-electron chi connectivity index (χ3n) is 1.68. The molecular formula is C9H10F3NO. The van der Waals surface area contributed by atoms with Gasteiger partial charge in [-0.25, -0.2) is 0 Å². The van der Waals surface area contributed by atoms with E-state index in [1.807, 2.05) is 0 Å². The molecule has 0 heterocycles. The third kappa shape index (κ3) is 2.31. The second-order valence-electron chi connectivity index (χ2n) is 2.76. The molecule has 0 aliphatic carbocycles. The Bertz CT molecular complexity index is 322. The van der Waals surface area contributed by atoms with E-state index < -0.39 is 11.7 Å². The standard InChI is InChI=1S/C9H10F3NO/c1-2-13-8-4-3-6(14)5-7(8)9(10,11)12/h3-5,13-14H,2H2,1H3. The normalized spacial score (nSPS) is 11.4. The predicted molar refractivity (Wildman–Crippen MR) is 47.3 cm³/mol. The molecule has 2 N–H and O–H groups in total. The molecule has 0 saturated carbocycles. The van der Waals surface area contributed by atoms with Gasteiger partial charge in [0.2, 0.25) is 0 Å². The monoisotopic (exact) mass is 205 g/mol. The van der Waals surface area contributed by atoms with E-state index in [0.29, 0.717) is 12.6 Å². The smallest absolute Gasteiger partial charge is 0.418 e. The van der Waals surface area contributed by atoms with E-state index in [-0.39, 0.29) is 11.4 Å². The molecule has 0 atom stereocenters. The van der Waals surface area contributed by atoms with Crippen LogP contribution >= 0.6 is 0 Å². The third-order valence-corrected chi connectivity index (χ3v) is 1.68. The molecule has 5 heteroatoms. The lowest BCUT2D eigenvalue weighted by Crippen LogP contribution is -2.10. The van der Waals surface area contributed by atoms with Gasteiger partial charge in [-0.15, -0.1) is 0 Å². The van der Waals surface area contributed by atoms with Gasteiger partial charge in [0.1, 0.15) is 5.75 Å². The van der Waals surface area contributed by atoms with Gasteiger partial charge in [0, 0.05) is 12.2 Å². The first-order chi connectivity index (χ1) is 6.45. The van der Waals surface area contributed by atoms with Crippen LogP contribution in [0, 0.1) is 0 Å². The van der Waals surface area contributed by atoms with Crippen molar-refractivity contribution in [3.63, 3.8) is 0 Å². The van der Waals surface area contributed by atoms with Crippen molar-refractivity contribution >= 4 is 5.69 Å². The first-order valence-electron chi connectivity index (χ1n) is 4.09. The molecule has 0 radical (unpaired) electrons. The summed E-state index contributed by atoms with van der Waals surface area (Å²) in [6, 6.07) is 3.13. The van der Waals surface area contributed by atoms with Gasteiger partial charge < -0.3 is 10.4 Å². The molecule has 0 aliphatic heterocycles. The molecule has 0 aromatic heterocycles. The van der Waals surface area contributed by atoms with E-state index in [2.05, 4.69) is 5.32 Å². The second kappa shape index (κ2) is 3.77. The molecule has 0 spiro atoms. The topological polar surface area (TPSA) is 32.3 Å².